The van der Waals surface area contributed by atoms with Gasteiger partial charge in [-0.05, 0) is 24.1 Å². The largest absolute Gasteiger partial charge is 0.507 e. The number of carbonyl (C=O) groups is 1. The van der Waals surface area contributed by atoms with Crippen molar-refractivity contribution in [1.82, 2.24) is 0 Å². The van der Waals surface area contributed by atoms with E-state index in [9.17, 15) is 14.3 Å². The van der Waals surface area contributed by atoms with Crippen molar-refractivity contribution in [2.24, 2.45) is 5.73 Å². The highest BCUT2D eigenvalue weighted by Crippen LogP contribution is 2.22. The Balaban J connectivity index is 3.02. The number of rotatable bonds is 4. The Hall–Kier alpha value is -1.62. The molecule has 82 valence electrons. The minimum Gasteiger partial charge on any atom is -0.507 e. The summed E-state index contributed by atoms with van der Waals surface area (Å²) < 4.78 is 12.0. The van der Waals surface area contributed by atoms with E-state index in [0.29, 0.717) is 5.56 Å². The van der Waals surface area contributed by atoms with Gasteiger partial charge in [0.1, 0.15) is 11.3 Å². The fourth-order valence-corrected chi connectivity index (χ4v) is 1.24. The summed E-state index contributed by atoms with van der Waals surface area (Å²) in [5, 5.41) is 17.9. The Kier molecular flexibility index (Phi) is 3.62. The van der Waals surface area contributed by atoms with Gasteiger partial charge in [0.2, 0.25) is 0 Å². The lowest BCUT2D eigenvalue weighted by atomic mass is 10.0. The molecule has 4 nitrogen and oxygen atoms in total. The minimum absolute atomic E-state index is 0.129. The number of hydrogen-bond donors (Lipinski definition) is 3. The summed E-state index contributed by atoms with van der Waals surface area (Å²) in [5.74, 6) is -1.56. The molecule has 15 heavy (non-hydrogen) atoms. The van der Waals surface area contributed by atoms with Gasteiger partial charge in [0.15, 0.2) is 0 Å². The van der Waals surface area contributed by atoms with E-state index in [1.54, 1.807) is 0 Å². The zero-order valence-electron chi connectivity index (χ0n) is 7.98. The Morgan fingerprint density at radius 1 is 1.53 bits per heavy atom. The average Bonchev–Trinajstić information content (AvgIpc) is 2.18. The molecule has 0 aliphatic heterocycles. The fourth-order valence-electron chi connectivity index (χ4n) is 1.24. The third kappa shape index (κ3) is 2.66. The van der Waals surface area contributed by atoms with E-state index in [-0.39, 0.29) is 17.7 Å². The predicted molar refractivity (Wildman–Crippen MR) is 52.6 cm³/mol. The summed E-state index contributed by atoms with van der Waals surface area (Å²) in [6.45, 7) is -0.565. The monoisotopic (exact) mass is 213 g/mol. The first-order chi connectivity index (χ1) is 7.06. The van der Waals surface area contributed by atoms with Crippen LogP contribution in [0.25, 0.3) is 0 Å². The van der Waals surface area contributed by atoms with Crippen LogP contribution in [0.4, 0.5) is 4.39 Å². The maximum Gasteiger partial charge on any atom is 0.339 e. The van der Waals surface area contributed by atoms with E-state index < -0.39 is 18.7 Å². The Bertz CT molecular complexity index is 368. The highest BCUT2D eigenvalue weighted by molar-refractivity contribution is 5.90. The van der Waals surface area contributed by atoms with Crippen LogP contribution < -0.4 is 5.73 Å². The molecule has 0 amide bonds. The Morgan fingerprint density at radius 3 is 2.73 bits per heavy atom. The van der Waals surface area contributed by atoms with Gasteiger partial charge >= 0.3 is 5.97 Å². The fraction of sp³-hybridized carbons (Fsp3) is 0.300. The van der Waals surface area contributed by atoms with Gasteiger partial charge in [-0.3, -0.25) is 4.39 Å². The number of aromatic hydroxyl groups is 1. The van der Waals surface area contributed by atoms with E-state index in [1.165, 1.54) is 18.2 Å². The van der Waals surface area contributed by atoms with Crippen molar-refractivity contribution in [2.45, 2.75) is 12.5 Å². The Morgan fingerprint density at radius 2 is 2.20 bits per heavy atom. The molecule has 0 bridgehead atoms. The van der Waals surface area contributed by atoms with Gasteiger partial charge in [-0.1, -0.05) is 6.07 Å². The summed E-state index contributed by atoms with van der Waals surface area (Å²) in [5.41, 5.74) is 5.89. The lowest BCUT2D eigenvalue weighted by Gasteiger charge is -2.11. The zero-order chi connectivity index (χ0) is 11.4. The molecule has 1 atom stereocenters. The number of halogens is 1. The number of phenols is 1. The number of aromatic carboxylic acids is 1. The van der Waals surface area contributed by atoms with Crippen LogP contribution in [0.1, 0.15) is 28.4 Å². The van der Waals surface area contributed by atoms with Crippen molar-refractivity contribution in [1.29, 1.82) is 0 Å². The zero-order valence-corrected chi connectivity index (χ0v) is 7.98. The number of nitrogens with two attached hydrogens (primary N) is 1. The first kappa shape index (κ1) is 11.5. The van der Waals surface area contributed by atoms with E-state index in [0.717, 1.165) is 0 Å². The van der Waals surface area contributed by atoms with Gasteiger partial charge < -0.3 is 15.9 Å². The molecule has 0 radical (unpaired) electrons. The molecular weight excluding hydrogens is 201 g/mol. The summed E-state index contributed by atoms with van der Waals surface area (Å²) in [6, 6.07) is 3.45. The third-order valence-electron chi connectivity index (χ3n) is 2.10. The molecule has 0 unspecified atom stereocenters. The van der Waals surface area contributed by atoms with Crippen molar-refractivity contribution in [3.8, 4) is 5.75 Å². The van der Waals surface area contributed by atoms with Crippen LogP contribution in [0.3, 0.4) is 0 Å². The van der Waals surface area contributed by atoms with Crippen LogP contribution in [0.5, 0.6) is 5.75 Å². The highest BCUT2D eigenvalue weighted by Gasteiger charge is 2.13. The lowest BCUT2D eigenvalue weighted by molar-refractivity contribution is 0.0693. The number of carboxylic acids is 1. The maximum absolute atomic E-state index is 12.0. The van der Waals surface area contributed by atoms with E-state index in [2.05, 4.69) is 0 Å². The predicted octanol–water partition coefficient (Wildman–Crippen LogP) is 1.45. The van der Waals surface area contributed by atoms with Gasteiger partial charge in [0, 0.05) is 6.04 Å². The van der Waals surface area contributed by atoms with Crippen molar-refractivity contribution in [2.75, 3.05) is 6.67 Å². The quantitative estimate of drug-likeness (QED) is 0.706. The van der Waals surface area contributed by atoms with Crippen LogP contribution >= 0.6 is 0 Å². The van der Waals surface area contributed by atoms with Crippen LogP contribution in [-0.2, 0) is 0 Å². The second-order valence-corrected chi connectivity index (χ2v) is 3.17. The van der Waals surface area contributed by atoms with Crippen molar-refractivity contribution >= 4 is 5.97 Å². The molecule has 4 N–H and O–H groups in total. The molecule has 0 spiro atoms. The van der Waals surface area contributed by atoms with Gasteiger partial charge in [-0.15, -0.1) is 0 Å². The van der Waals surface area contributed by atoms with Crippen molar-refractivity contribution in [3.63, 3.8) is 0 Å². The average molecular weight is 213 g/mol. The highest BCUT2D eigenvalue weighted by atomic mass is 19.1. The smallest absolute Gasteiger partial charge is 0.339 e. The lowest BCUT2D eigenvalue weighted by Crippen LogP contribution is -2.12. The minimum atomic E-state index is -1.23. The molecule has 1 aromatic carbocycles. The number of alkyl halides is 1. The molecule has 5 heteroatoms. The molecule has 1 aromatic rings. The number of benzene rings is 1. The van der Waals surface area contributed by atoms with Gasteiger partial charge in [-0.2, -0.15) is 0 Å². The van der Waals surface area contributed by atoms with E-state index in [4.69, 9.17) is 10.8 Å². The topological polar surface area (TPSA) is 83.5 Å². The molecule has 0 aliphatic carbocycles. The molecule has 0 saturated heterocycles. The summed E-state index contributed by atoms with van der Waals surface area (Å²) in [6.07, 6.45) is 0.129. The van der Waals surface area contributed by atoms with Gasteiger partial charge in [-0.25, -0.2) is 4.79 Å². The standard InChI is InChI=1S/C10H12FNO3/c11-4-3-8(12)6-1-2-9(13)7(5-6)10(14)15/h1-2,5,8,13H,3-4,12H2,(H,14,15)/t8-/m0/s1. The van der Waals surface area contributed by atoms with Crippen LogP contribution in [0.2, 0.25) is 0 Å². The second kappa shape index (κ2) is 4.75. The summed E-state index contributed by atoms with van der Waals surface area (Å²) in [7, 11) is 0. The summed E-state index contributed by atoms with van der Waals surface area (Å²) >= 11 is 0. The van der Waals surface area contributed by atoms with Crippen molar-refractivity contribution < 1.29 is 19.4 Å². The molecule has 0 saturated carbocycles. The SMILES string of the molecule is N[C@@H](CCF)c1ccc(O)c(C(=O)O)c1. The van der Waals surface area contributed by atoms with Gasteiger partial charge in [0.25, 0.3) is 0 Å². The molecular formula is C10H12FNO3. The van der Waals surface area contributed by atoms with Gasteiger partial charge in [0.05, 0.1) is 6.67 Å². The molecule has 1 rings (SSSR count). The van der Waals surface area contributed by atoms with Crippen LogP contribution in [0.15, 0.2) is 18.2 Å². The van der Waals surface area contributed by atoms with E-state index in [1.807, 2.05) is 0 Å². The number of hydrogen-bond acceptors (Lipinski definition) is 3. The molecule has 0 heterocycles. The first-order valence-corrected chi connectivity index (χ1v) is 4.44. The second-order valence-electron chi connectivity index (χ2n) is 3.17. The normalized spacial score (nSPS) is 12.4. The van der Waals surface area contributed by atoms with Crippen molar-refractivity contribution in [3.05, 3.63) is 29.3 Å². The Labute approximate surface area is 86.1 Å². The molecule has 0 aliphatic rings. The van der Waals surface area contributed by atoms with E-state index >= 15 is 0 Å². The molecule has 0 fully saturated rings. The van der Waals surface area contributed by atoms with Crippen LogP contribution in [-0.4, -0.2) is 22.9 Å². The van der Waals surface area contributed by atoms with Crippen LogP contribution in [0, 0.1) is 0 Å². The maximum atomic E-state index is 12.0. The summed E-state index contributed by atoms with van der Waals surface area (Å²) in [4.78, 5) is 10.7. The first-order valence-electron chi connectivity index (χ1n) is 4.44. The third-order valence-corrected chi connectivity index (χ3v) is 2.10. The molecule has 0 aromatic heterocycles. The number of carboxylic acid groups (broad SMARTS) is 1.